The van der Waals surface area contributed by atoms with Gasteiger partial charge in [0.25, 0.3) is 0 Å². The molecular weight excluding hydrogens is 464 g/mol. The molecule has 4 rings (SSSR count). The summed E-state index contributed by atoms with van der Waals surface area (Å²) in [6.07, 6.45) is 3.37. The van der Waals surface area contributed by atoms with Gasteiger partial charge in [-0.2, -0.15) is 0 Å². The second-order valence-corrected chi connectivity index (χ2v) is 8.33. The van der Waals surface area contributed by atoms with E-state index in [1.807, 2.05) is 91.0 Å². The summed E-state index contributed by atoms with van der Waals surface area (Å²) in [5.41, 5.74) is 4.68. The van der Waals surface area contributed by atoms with Crippen LogP contribution in [0.25, 0.3) is 17.2 Å². The molecule has 0 saturated heterocycles. The van der Waals surface area contributed by atoms with Gasteiger partial charge in [-0.05, 0) is 52.6 Å². The molecule has 0 aliphatic rings. The molecule has 5 heteroatoms. The monoisotopic (exact) mass is 492 g/mol. The maximum absolute atomic E-state index is 12.2. The first-order chi connectivity index (χ1) is 18.1. The van der Waals surface area contributed by atoms with Crippen LogP contribution in [0.3, 0.4) is 0 Å². The molecule has 0 fully saturated rings. The van der Waals surface area contributed by atoms with Gasteiger partial charge in [-0.1, -0.05) is 84.9 Å². The smallest absolute Gasteiger partial charge is 0.302 e. The minimum Gasteiger partial charge on any atom is -0.490 e. The Bertz CT molecular complexity index is 1320. The summed E-state index contributed by atoms with van der Waals surface area (Å²) in [4.78, 5) is 23.1. The highest BCUT2D eigenvalue weighted by atomic mass is 16.5. The summed E-state index contributed by atoms with van der Waals surface area (Å²) >= 11 is 0. The normalized spacial score (nSPS) is 10.7. The van der Waals surface area contributed by atoms with E-state index < -0.39 is 0 Å². The maximum atomic E-state index is 12.2. The molecule has 0 aliphatic carbocycles. The number of carbonyl (C=O) groups is 2. The van der Waals surface area contributed by atoms with Crippen LogP contribution in [0.15, 0.2) is 109 Å². The first-order valence-electron chi connectivity index (χ1n) is 12.0. The van der Waals surface area contributed by atoms with Crippen molar-refractivity contribution in [2.75, 3.05) is 13.2 Å². The van der Waals surface area contributed by atoms with Gasteiger partial charge in [0.1, 0.15) is 31.3 Å². The third-order valence-electron chi connectivity index (χ3n) is 5.57. The van der Waals surface area contributed by atoms with Crippen LogP contribution in [-0.4, -0.2) is 25.0 Å². The number of esters is 1. The van der Waals surface area contributed by atoms with Crippen LogP contribution in [0.5, 0.6) is 11.5 Å². The van der Waals surface area contributed by atoms with Gasteiger partial charge >= 0.3 is 5.97 Å². The molecule has 0 bridgehead atoms. The fraction of sp³-hybridized carbons (Fsp3) is 0.125. The average Bonchev–Trinajstić information content (AvgIpc) is 2.94. The topological polar surface area (TPSA) is 61.8 Å². The lowest BCUT2D eigenvalue weighted by atomic mass is 10.0. The third kappa shape index (κ3) is 7.94. The molecule has 0 atom stereocenters. The van der Waals surface area contributed by atoms with E-state index in [4.69, 9.17) is 14.2 Å². The lowest BCUT2D eigenvalue weighted by molar-refractivity contribution is -0.142. The molecule has 0 N–H and O–H groups in total. The van der Waals surface area contributed by atoms with Gasteiger partial charge in [0.05, 0.1) is 0 Å². The lowest BCUT2D eigenvalue weighted by Crippen LogP contribution is -2.08. The van der Waals surface area contributed by atoms with Crippen LogP contribution < -0.4 is 9.47 Å². The van der Waals surface area contributed by atoms with E-state index in [0.29, 0.717) is 18.8 Å². The van der Waals surface area contributed by atoms with Gasteiger partial charge < -0.3 is 14.2 Å². The Balaban J connectivity index is 1.20. The Labute approximate surface area is 216 Å². The van der Waals surface area contributed by atoms with E-state index in [-0.39, 0.29) is 18.4 Å². The van der Waals surface area contributed by atoms with Crippen LogP contribution in [0.2, 0.25) is 0 Å². The minimum atomic E-state index is -0.288. The molecule has 0 radical (unpaired) electrons. The van der Waals surface area contributed by atoms with Gasteiger partial charge in [-0.15, -0.1) is 0 Å². The fourth-order valence-corrected chi connectivity index (χ4v) is 3.59. The highest BCUT2D eigenvalue weighted by Gasteiger charge is 2.03. The predicted octanol–water partition coefficient (Wildman–Crippen LogP) is 6.77. The maximum Gasteiger partial charge on any atom is 0.302 e. The highest BCUT2D eigenvalue weighted by molar-refractivity contribution is 6.06. The highest BCUT2D eigenvalue weighted by Crippen LogP contribution is 2.23. The number of rotatable bonds is 11. The van der Waals surface area contributed by atoms with E-state index in [9.17, 15) is 9.59 Å². The molecule has 37 heavy (non-hydrogen) atoms. The van der Waals surface area contributed by atoms with Crippen LogP contribution >= 0.6 is 0 Å². The van der Waals surface area contributed by atoms with Gasteiger partial charge in [0, 0.05) is 12.5 Å². The van der Waals surface area contributed by atoms with Crippen molar-refractivity contribution in [1.82, 2.24) is 0 Å². The van der Waals surface area contributed by atoms with Crippen molar-refractivity contribution < 1.29 is 23.8 Å². The summed E-state index contributed by atoms with van der Waals surface area (Å²) in [6.45, 7) is 2.51. The Hall–Kier alpha value is -4.64. The molecule has 0 unspecified atom stereocenters. The number of hydrogen-bond donors (Lipinski definition) is 0. The summed E-state index contributed by atoms with van der Waals surface area (Å²) in [5, 5.41) is 0. The molecular formula is C32H28O5. The second kappa shape index (κ2) is 12.9. The van der Waals surface area contributed by atoms with Gasteiger partial charge in [-0.3, -0.25) is 9.59 Å². The minimum absolute atomic E-state index is 0.0275. The van der Waals surface area contributed by atoms with E-state index in [2.05, 4.69) is 0 Å². The van der Waals surface area contributed by atoms with Crippen LogP contribution in [0.1, 0.15) is 28.4 Å². The molecule has 186 valence electrons. The lowest BCUT2D eigenvalue weighted by Gasteiger charge is -2.10. The van der Waals surface area contributed by atoms with Crippen LogP contribution in [-0.2, 0) is 16.1 Å². The Morgan fingerprint density at radius 1 is 0.676 bits per heavy atom. The Morgan fingerprint density at radius 2 is 1.22 bits per heavy atom. The number of allylic oxidation sites excluding steroid dienone is 1. The zero-order valence-electron chi connectivity index (χ0n) is 20.6. The second-order valence-electron chi connectivity index (χ2n) is 8.33. The van der Waals surface area contributed by atoms with Crippen molar-refractivity contribution in [2.24, 2.45) is 0 Å². The van der Waals surface area contributed by atoms with Crippen LogP contribution in [0, 0.1) is 0 Å². The van der Waals surface area contributed by atoms with Crippen LogP contribution in [0.4, 0.5) is 0 Å². The summed E-state index contributed by atoms with van der Waals surface area (Å²) in [5.74, 6) is 1.19. The van der Waals surface area contributed by atoms with Crippen molar-refractivity contribution in [1.29, 1.82) is 0 Å². The number of ketones is 1. The SMILES string of the molecule is CC(=O)OCc1ccc(-c2ccc(OCCOc3ccc(/C=C/C(=O)c4ccccc4)cc3)cc2)cc1. The number of hydrogen-bond acceptors (Lipinski definition) is 5. The zero-order valence-corrected chi connectivity index (χ0v) is 20.6. The first-order valence-corrected chi connectivity index (χ1v) is 12.0. The van der Waals surface area contributed by atoms with Crippen molar-refractivity contribution in [3.05, 3.63) is 126 Å². The Morgan fingerprint density at radius 3 is 1.78 bits per heavy atom. The Kier molecular flexibility index (Phi) is 8.87. The molecule has 0 saturated carbocycles. The molecule has 4 aromatic carbocycles. The summed E-state index contributed by atoms with van der Waals surface area (Å²) in [6, 6.07) is 32.5. The third-order valence-corrected chi connectivity index (χ3v) is 5.57. The van der Waals surface area contributed by atoms with E-state index in [1.165, 1.54) is 6.92 Å². The van der Waals surface area contributed by atoms with Gasteiger partial charge in [-0.25, -0.2) is 0 Å². The summed E-state index contributed by atoms with van der Waals surface area (Å²) < 4.78 is 16.6. The van der Waals surface area contributed by atoms with E-state index in [1.54, 1.807) is 24.3 Å². The van der Waals surface area contributed by atoms with E-state index in [0.717, 1.165) is 33.8 Å². The largest absolute Gasteiger partial charge is 0.490 e. The number of carbonyl (C=O) groups excluding carboxylic acids is 2. The molecule has 0 aliphatic heterocycles. The number of benzene rings is 4. The average molecular weight is 493 g/mol. The zero-order chi connectivity index (χ0) is 25.9. The summed E-state index contributed by atoms with van der Waals surface area (Å²) in [7, 11) is 0. The van der Waals surface area contributed by atoms with Crippen molar-refractivity contribution in [2.45, 2.75) is 13.5 Å². The molecule has 0 heterocycles. The van der Waals surface area contributed by atoms with Gasteiger partial charge in [0.15, 0.2) is 5.78 Å². The standard InChI is InChI=1S/C32H28O5/c1-24(33)37-23-26-7-12-27(13-8-26)28-14-18-31(19-15-28)36-22-21-35-30-16-9-25(10-17-30)11-20-32(34)29-5-3-2-4-6-29/h2-20H,21-23H2,1H3/b20-11+. The van der Waals surface area contributed by atoms with Crippen molar-refractivity contribution >= 4 is 17.8 Å². The molecule has 0 spiro atoms. The van der Waals surface area contributed by atoms with Crippen molar-refractivity contribution in [3.63, 3.8) is 0 Å². The van der Waals surface area contributed by atoms with E-state index >= 15 is 0 Å². The van der Waals surface area contributed by atoms with Crippen molar-refractivity contribution in [3.8, 4) is 22.6 Å². The molecule has 4 aromatic rings. The fourth-order valence-electron chi connectivity index (χ4n) is 3.59. The molecule has 0 amide bonds. The molecule has 0 aromatic heterocycles. The first kappa shape index (κ1) is 25.5. The quantitative estimate of drug-likeness (QED) is 0.100. The number of ether oxygens (including phenoxy) is 3. The predicted molar refractivity (Wildman–Crippen MR) is 145 cm³/mol. The van der Waals surface area contributed by atoms with Gasteiger partial charge in [0.2, 0.25) is 0 Å². The molecule has 5 nitrogen and oxygen atoms in total.